The minimum Gasteiger partial charge on any atom is -0.444 e. The summed E-state index contributed by atoms with van der Waals surface area (Å²) in [5.74, 6) is 0. The van der Waals surface area contributed by atoms with Gasteiger partial charge in [-0.3, -0.25) is 0 Å². The van der Waals surface area contributed by atoms with E-state index in [0.29, 0.717) is 6.04 Å². The van der Waals surface area contributed by atoms with Crippen LogP contribution < -0.4 is 10.6 Å². The molecule has 0 bridgehead atoms. The van der Waals surface area contributed by atoms with E-state index in [2.05, 4.69) is 10.6 Å². The second-order valence-corrected chi connectivity index (χ2v) is 6.92. The summed E-state index contributed by atoms with van der Waals surface area (Å²) >= 11 is 0. The smallest absolute Gasteiger partial charge is 0.410 e. The summed E-state index contributed by atoms with van der Waals surface area (Å²) in [5.41, 5.74) is -0.412. The molecule has 2 atom stereocenters. The molecular weight excluding hydrogens is 254 g/mol. The lowest BCUT2D eigenvalue weighted by molar-refractivity contribution is 0.0224. The minimum absolute atomic E-state index is 0.163. The highest BCUT2D eigenvalue weighted by Crippen LogP contribution is 2.20. The second-order valence-electron chi connectivity index (χ2n) is 6.92. The molecule has 0 radical (unpaired) electrons. The summed E-state index contributed by atoms with van der Waals surface area (Å²) in [7, 11) is 0. The maximum absolute atomic E-state index is 12.2. The van der Waals surface area contributed by atoms with Crippen LogP contribution in [0.3, 0.4) is 0 Å². The number of carbonyl (C=O) groups excluding carboxylic acids is 1. The second kappa shape index (κ2) is 6.76. The van der Waals surface area contributed by atoms with Crippen molar-refractivity contribution in [2.24, 2.45) is 0 Å². The highest BCUT2D eigenvalue weighted by Gasteiger charge is 2.32. The lowest BCUT2D eigenvalue weighted by Crippen LogP contribution is -2.49. The highest BCUT2D eigenvalue weighted by molar-refractivity contribution is 5.69. The highest BCUT2D eigenvalue weighted by atomic mass is 16.6. The van der Waals surface area contributed by atoms with Crippen LogP contribution in [-0.4, -0.2) is 54.9 Å². The Morgan fingerprint density at radius 1 is 1.35 bits per heavy atom. The van der Waals surface area contributed by atoms with Crippen LogP contribution in [0.15, 0.2) is 0 Å². The van der Waals surface area contributed by atoms with Crippen molar-refractivity contribution >= 4 is 6.09 Å². The fourth-order valence-corrected chi connectivity index (χ4v) is 2.94. The van der Waals surface area contributed by atoms with Crippen molar-refractivity contribution in [3.63, 3.8) is 0 Å². The molecule has 2 heterocycles. The molecule has 20 heavy (non-hydrogen) atoms. The predicted octanol–water partition coefficient (Wildman–Crippen LogP) is 1.73. The zero-order valence-electron chi connectivity index (χ0n) is 13.1. The van der Waals surface area contributed by atoms with Gasteiger partial charge in [0.25, 0.3) is 0 Å². The molecule has 2 rings (SSSR count). The molecule has 0 aliphatic carbocycles. The van der Waals surface area contributed by atoms with Gasteiger partial charge in [-0.2, -0.15) is 0 Å². The third kappa shape index (κ3) is 4.63. The maximum atomic E-state index is 12.2. The van der Waals surface area contributed by atoms with Gasteiger partial charge in [0.15, 0.2) is 0 Å². The molecule has 0 aromatic rings. The van der Waals surface area contributed by atoms with Gasteiger partial charge in [-0.15, -0.1) is 0 Å². The van der Waals surface area contributed by atoms with Crippen molar-refractivity contribution in [3.05, 3.63) is 0 Å². The van der Waals surface area contributed by atoms with Crippen LogP contribution in [0.1, 0.15) is 46.5 Å². The Hall–Kier alpha value is -0.810. The van der Waals surface area contributed by atoms with Crippen molar-refractivity contribution in [1.29, 1.82) is 0 Å². The van der Waals surface area contributed by atoms with Gasteiger partial charge < -0.3 is 20.3 Å². The molecule has 2 aliphatic rings. The van der Waals surface area contributed by atoms with Crippen LogP contribution in [0.2, 0.25) is 0 Å². The van der Waals surface area contributed by atoms with E-state index in [1.165, 1.54) is 12.8 Å². The van der Waals surface area contributed by atoms with Gasteiger partial charge >= 0.3 is 6.09 Å². The summed E-state index contributed by atoms with van der Waals surface area (Å²) in [4.78, 5) is 14.1. The fraction of sp³-hybridized carbons (Fsp3) is 0.933. The van der Waals surface area contributed by atoms with Gasteiger partial charge in [-0.05, 0) is 53.0 Å². The zero-order chi connectivity index (χ0) is 14.6. The van der Waals surface area contributed by atoms with E-state index in [4.69, 9.17) is 4.74 Å². The molecule has 0 aromatic carbocycles. The van der Waals surface area contributed by atoms with E-state index in [0.717, 1.165) is 39.0 Å². The molecule has 2 unspecified atom stereocenters. The molecule has 0 spiro atoms. The number of amides is 1. The Bertz CT molecular complexity index is 322. The predicted molar refractivity (Wildman–Crippen MR) is 79.9 cm³/mol. The molecule has 2 saturated heterocycles. The van der Waals surface area contributed by atoms with Crippen molar-refractivity contribution in [2.45, 2.75) is 64.1 Å². The number of rotatable bonds is 3. The molecule has 1 amide bonds. The van der Waals surface area contributed by atoms with Gasteiger partial charge in [0.1, 0.15) is 5.60 Å². The molecule has 116 valence electrons. The first-order valence-corrected chi connectivity index (χ1v) is 7.89. The van der Waals surface area contributed by atoms with Crippen LogP contribution in [0.5, 0.6) is 0 Å². The lowest BCUT2D eigenvalue weighted by atomic mass is 10.1. The molecule has 2 fully saturated rings. The lowest BCUT2D eigenvalue weighted by Gasteiger charge is -2.31. The standard InChI is InChI=1S/C15H29N3O2/c1-15(2,3)20-14(19)18-9-5-7-13(18)11-17-12-6-4-8-16-10-12/h12-13,16-17H,4-11H2,1-3H3. The third-order valence-corrected chi connectivity index (χ3v) is 3.94. The Labute approximate surface area is 122 Å². The molecule has 5 heteroatoms. The summed E-state index contributed by atoms with van der Waals surface area (Å²) in [5, 5.41) is 7.01. The molecular formula is C15H29N3O2. The van der Waals surface area contributed by atoms with E-state index in [1.54, 1.807) is 0 Å². The van der Waals surface area contributed by atoms with Crippen LogP contribution in [0, 0.1) is 0 Å². The number of likely N-dealkylation sites (tertiary alicyclic amines) is 1. The molecule has 2 aliphatic heterocycles. The van der Waals surface area contributed by atoms with Crippen molar-refractivity contribution in [1.82, 2.24) is 15.5 Å². The Balaban J connectivity index is 1.79. The SMILES string of the molecule is CC(C)(C)OC(=O)N1CCCC1CNC1CCCNC1. The summed E-state index contributed by atoms with van der Waals surface area (Å²) in [6.45, 7) is 9.63. The summed E-state index contributed by atoms with van der Waals surface area (Å²) in [6.07, 6.45) is 4.45. The molecule has 2 N–H and O–H groups in total. The number of ether oxygens (including phenoxy) is 1. The van der Waals surface area contributed by atoms with Crippen LogP contribution in [0.4, 0.5) is 4.79 Å². The average molecular weight is 283 g/mol. The average Bonchev–Trinajstić information content (AvgIpc) is 2.84. The van der Waals surface area contributed by atoms with E-state index in [1.807, 2.05) is 25.7 Å². The van der Waals surface area contributed by atoms with E-state index >= 15 is 0 Å². The number of nitrogens with zero attached hydrogens (tertiary/aromatic N) is 1. The number of piperidine rings is 1. The Morgan fingerprint density at radius 3 is 2.80 bits per heavy atom. The summed E-state index contributed by atoms with van der Waals surface area (Å²) < 4.78 is 5.49. The molecule has 0 saturated carbocycles. The number of carbonyl (C=O) groups is 1. The van der Waals surface area contributed by atoms with Crippen molar-refractivity contribution in [3.8, 4) is 0 Å². The van der Waals surface area contributed by atoms with Crippen LogP contribution in [-0.2, 0) is 4.74 Å². The first-order valence-electron chi connectivity index (χ1n) is 7.89. The number of hydrogen-bond donors (Lipinski definition) is 2. The van der Waals surface area contributed by atoms with Gasteiger partial charge in [0, 0.05) is 31.7 Å². The van der Waals surface area contributed by atoms with Crippen LogP contribution >= 0.6 is 0 Å². The van der Waals surface area contributed by atoms with Crippen molar-refractivity contribution < 1.29 is 9.53 Å². The molecule has 5 nitrogen and oxygen atoms in total. The molecule has 0 aromatic heterocycles. The first kappa shape index (κ1) is 15.6. The number of nitrogens with one attached hydrogen (secondary N) is 2. The minimum atomic E-state index is -0.412. The van der Waals surface area contributed by atoms with Gasteiger partial charge in [0.05, 0.1) is 0 Å². The van der Waals surface area contributed by atoms with Crippen LogP contribution in [0.25, 0.3) is 0 Å². The van der Waals surface area contributed by atoms with Gasteiger partial charge in [-0.1, -0.05) is 0 Å². The Kier molecular flexibility index (Phi) is 5.27. The largest absolute Gasteiger partial charge is 0.444 e. The normalized spacial score (nSPS) is 27.6. The fourth-order valence-electron chi connectivity index (χ4n) is 2.94. The van der Waals surface area contributed by atoms with E-state index in [-0.39, 0.29) is 12.1 Å². The third-order valence-electron chi connectivity index (χ3n) is 3.94. The first-order chi connectivity index (χ1) is 9.46. The Morgan fingerprint density at radius 2 is 2.15 bits per heavy atom. The zero-order valence-corrected chi connectivity index (χ0v) is 13.1. The quantitative estimate of drug-likeness (QED) is 0.828. The van der Waals surface area contributed by atoms with Crippen molar-refractivity contribution in [2.75, 3.05) is 26.2 Å². The summed E-state index contributed by atoms with van der Waals surface area (Å²) in [6, 6.07) is 0.830. The van der Waals surface area contributed by atoms with E-state index < -0.39 is 5.60 Å². The van der Waals surface area contributed by atoms with Gasteiger partial charge in [0.2, 0.25) is 0 Å². The topological polar surface area (TPSA) is 53.6 Å². The van der Waals surface area contributed by atoms with E-state index in [9.17, 15) is 4.79 Å². The maximum Gasteiger partial charge on any atom is 0.410 e. The monoisotopic (exact) mass is 283 g/mol. The number of hydrogen-bond acceptors (Lipinski definition) is 4. The van der Waals surface area contributed by atoms with Gasteiger partial charge in [-0.25, -0.2) is 4.79 Å².